The van der Waals surface area contributed by atoms with Crippen LogP contribution < -0.4 is 4.52 Å². The van der Waals surface area contributed by atoms with Crippen molar-refractivity contribution in [1.82, 2.24) is 0 Å². The van der Waals surface area contributed by atoms with Crippen LogP contribution >= 0.6 is 26.7 Å². The third-order valence-corrected chi connectivity index (χ3v) is 6.83. The van der Waals surface area contributed by atoms with E-state index in [0.29, 0.717) is 0 Å². The van der Waals surface area contributed by atoms with Crippen LogP contribution in [-0.4, -0.2) is 0 Å². The molecule has 0 amide bonds. The second-order valence-corrected chi connectivity index (χ2v) is 12.7. The molecule has 1 aromatic rings. The molecule has 1 aromatic carbocycles. The Morgan fingerprint density at radius 3 is 1.56 bits per heavy atom. The molecular weight excluding hydrogens is 373 g/mol. The van der Waals surface area contributed by atoms with E-state index < -0.39 is 8.60 Å². The van der Waals surface area contributed by atoms with Crippen molar-refractivity contribution in [3.8, 4) is 5.75 Å². The second kappa shape index (κ2) is 7.67. The maximum atomic E-state index is 6.29. The monoisotopic (exact) mass is 404 g/mol. The Morgan fingerprint density at radius 1 is 0.760 bits per heavy atom. The van der Waals surface area contributed by atoms with Crippen molar-refractivity contribution in [1.29, 1.82) is 0 Å². The maximum Gasteiger partial charge on any atom is 0.407 e. The largest absolute Gasteiger partial charge is 0.426 e. The van der Waals surface area contributed by atoms with Gasteiger partial charge in [-0.3, -0.25) is 12.9 Å². The Labute approximate surface area is 157 Å². The highest BCUT2D eigenvalue weighted by Crippen LogP contribution is 2.59. The van der Waals surface area contributed by atoms with Gasteiger partial charge in [-0.15, -0.1) is 0 Å². The predicted molar refractivity (Wildman–Crippen MR) is 110 cm³/mol. The minimum atomic E-state index is -1.41. The van der Waals surface area contributed by atoms with Crippen LogP contribution in [0.3, 0.4) is 0 Å². The summed E-state index contributed by atoms with van der Waals surface area (Å²) in [6.45, 7) is 20.1. The summed E-state index contributed by atoms with van der Waals surface area (Å²) in [6, 6.07) is 4.57. The fraction of sp³-hybridized carbons (Fsp3) is 0.667. The molecule has 1 heterocycles. The average Bonchev–Trinajstić information content (AvgIpc) is 2.45. The lowest BCUT2D eigenvalue weighted by molar-refractivity contribution is 0.362. The molecule has 2 unspecified atom stereocenters. The molecule has 1 aliphatic heterocycles. The van der Waals surface area contributed by atoms with Crippen molar-refractivity contribution in [2.75, 3.05) is 0 Å². The van der Waals surface area contributed by atoms with E-state index in [1.54, 1.807) is 0 Å². The highest BCUT2D eigenvalue weighted by atomic mass is 31.3. The summed E-state index contributed by atoms with van der Waals surface area (Å²) in [4.78, 5) is 0. The molecule has 0 spiro atoms. The first-order valence-electron chi connectivity index (χ1n) is 8.47. The summed E-state index contributed by atoms with van der Waals surface area (Å²) < 4.78 is 22.5. The van der Waals surface area contributed by atoms with Gasteiger partial charge in [0.05, 0.1) is 0 Å². The quantitative estimate of drug-likeness (QED) is 0.486. The van der Waals surface area contributed by atoms with Gasteiger partial charge < -0.3 is 4.52 Å². The topological polar surface area (TPSA) is 36.9 Å². The predicted octanol–water partition coefficient (Wildman–Crippen LogP) is 7.27. The Kier molecular flexibility index (Phi) is 6.59. The van der Waals surface area contributed by atoms with Gasteiger partial charge in [-0.25, -0.2) is 0 Å². The molecule has 142 valence electrons. The lowest BCUT2D eigenvalue weighted by Gasteiger charge is -2.34. The molecule has 25 heavy (non-hydrogen) atoms. The summed E-state index contributed by atoms with van der Waals surface area (Å²) in [7, 11) is -1.45. The molecule has 2 atom stereocenters. The molecule has 1 fully saturated rings. The fourth-order valence-corrected chi connectivity index (χ4v) is 5.24. The molecule has 0 N–H and O–H groups in total. The molecule has 4 nitrogen and oxygen atoms in total. The summed E-state index contributed by atoms with van der Waals surface area (Å²) in [5.74, 6) is 0.899. The van der Waals surface area contributed by atoms with Crippen LogP contribution in [-0.2, 0) is 29.2 Å². The van der Waals surface area contributed by atoms with E-state index in [0.717, 1.165) is 5.75 Å². The fourth-order valence-electron chi connectivity index (χ4n) is 2.52. The number of hydrogen-bond acceptors (Lipinski definition) is 4. The van der Waals surface area contributed by atoms with Crippen LogP contribution in [0.1, 0.15) is 79.0 Å². The molecule has 1 aliphatic rings. The lowest BCUT2D eigenvalue weighted by Crippen LogP contribution is -2.22. The van der Waals surface area contributed by atoms with E-state index in [1.807, 2.05) is 0 Å². The van der Waals surface area contributed by atoms with Crippen LogP contribution in [0, 0.1) is 0 Å². The Bertz CT molecular complexity index is 571. The zero-order valence-electron chi connectivity index (χ0n) is 16.7. The van der Waals surface area contributed by atoms with Gasteiger partial charge in [0.1, 0.15) is 5.75 Å². The van der Waals surface area contributed by atoms with Gasteiger partial charge in [0.15, 0.2) is 18.1 Å². The highest BCUT2D eigenvalue weighted by molar-refractivity contribution is 7.61. The van der Waals surface area contributed by atoms with Gasteiger partial charge in [-0.2, -0.15) is 0 Å². The van der Waals surface area contributed by atoms with Crippen LogP contribution in [0.25, 0.3) is 0 Å². The zero-order valence-corrected chi connectivity index (χ0v) is 19.6. The smallest absolute Gasteiger partial charge is 0.407 e. The van der Waals surface area contributed by atoms with Crippen molar-refractivity contribution in [3.63, 3.8) is 0 Å². The Morgan fingerprint density at radius 2 is 1.20 bits per heavy atom. The minimum Gasteiger partial charge on any atom is -0.426 e. The summed E-state index contributed by atoms with van der Waals surface area (Å²) in [5.41, 5.74) is 3.67. The zero-order chi connectivity index (χ0) is 19.0. The van der Waals surface area contributed by atoms with Crippen molar-refractivity contribution in [2.24, 2.45) is 0 Å². The first kappa shape index (κ1) is 21.5. The summed E-state index contributed by atoms with van der Waals surface area (Å²) in [6.07, 6.45) is 0. The van der Waals surface area contributed by atoms with Crippen molar-refractivity contribution in [2.45, 2.75) is 78.6 Å². The summed E-state index contributed by atoms with van der Waals surface area (Å²) in [5, 5.41) is 0. The van der Waals surface area contributed by atoms with E-state index in [4.69, 9.17) is 17.5 Å². The minimum absolute atomic E-state index is 0.0196. The second-order valence-electron chi connectivity index (χ2n) is 9.42. The van der Waals surface area contributed by atoms with Crippen LogP contribution in [0.5, 0.6) is 5.75 Å². The average molecular weight is 404 g/mol. The van der Waals surface area contributed by atoms with E-state index >= 15 is 0 Å². The highest BCUT2D eigenvalue weighted by Gasteiger charge is 2.33. The van der Waals surface area contributed by atoms with Crippen LogP contribution in [0.2, 0.25) is 0 Å². The number of benzene rings is 1. The molecule has 0 radical (unpaired) electrons. The number of rotatable bonds is 2. The van der Waals surface area contributed by atoms with Gasteiger partial charge in [0, 0.05) is 11.1 Å². The first-order valence-corrected chi connectivity index (χ1v) is 11.2. The van der Waals surface area contributed by atoms with Crippen molar-refractivity contribution < 1.29 is 17.5 Å². The molecule has 0 aromatic heterocycles. The van der Waals surface area contributed by atoms with Gasteiger partial charge in [-0.05, 0) is 21.8 Å². The van der Waals surface area contributed by atoms with Crippen molar-refractivity contribution >= 4 is 26.7 Å². The van der Waals surface area contributed by atoms with E-state index in [2.05, 4.69) is 74.4 Å². The Balaban J connectivity index is 2.63. The van der Waals surface area contributed by atoms with E-state index in [1.165, 1.54) is 16.7 Å². The number of hydrogen-bond donors (Lipinski definition) is 0. The SMILES string of the molecule is CC(C)(C)c1cc(C(C)(C)C)c(OP2OPOPO2)c(C(C)(C)C)c1. The van der Waals surface area contributed by atoms with Gasteiger partial charge >= 0.3 is 8.60 Å². The van der Waals surface area contributed by atoms with E-state index in [-0.39, 0.29) is 34.3 Å². The van der Waals surface area contributed by atoms with E-state index in [9.17, 15) is 0 Å². The van der Waals surface area contributed by atoms with Gasteiger partial charge in [0.25, 0.3) is 0 Å². The normalized spacial score (nSPS) is 21.7. The molecule has 7 heteroatoms. The molecule has 0 saturated carbocycles. The molecular formula is C18H31O4P3. The molecule has 2 rings (SSSR count). The standard InChI is InChI=1S/C18H31O4P3/c1-16(2,3)12-10-13(17(4,5)6)15(14(11-12)18(7,8)9)19-25-21-23-20-24-22-25/h10-11,23-24H,1-9H3. The van der Waals surface area contributed by atoms with Crippen LogP contribution in [0.4, 0.5) is 0 Å². The van der Waals surface area contributed by atoms with Crippen LogP contribution in [0.15, 0.2) is 12.1 Å². The molecule has 0 aliphatic carbocycles. The van der Waals surface area contributed by atoms with Crippen molar-refractivity contribution in [3.05, 3.63) is 28.8 Å². The van der Waals surface area contributed by atoms with Gasteiger partial charge in [-0.1, -0.05) is 74.4 Å². The molecule has 0 bridgehead atoms. The molecule has 1 saturated heterocycles. The third kappa shape index (κ3) is 5.58. The lowest BCUT2D eigenvalue weighted by atomic mass is 9.75. The Hall–Kier alpha value is 0.190. The first-order chi connectivity index (χ1) is 11.3. The maximum absolute atomic E-state index is 6.29. The summed E-state index contributed by atoms with van der Waals surface area (Å²) >= 11 is 0. The third-order valence-electron chi connectivity index (χ3n) is 4.04. The van der Waals surface area contributed by atoms with Gasteiger partial charge in [0.2, 0.25) is 0 Å².